The summed E-state index contributed by atoms with van der Waals surface area (Å²) in [7, 11) is 1.36. The first-order valence-electron chi connectivity index (χ1n) is 7.67. The molecule has 0 spiro atoms. The highest BCUT2D eigenvalue weighted by Gasteiger charge is 2.30. The Morgan fingerprint density at radius 2 is 1.92 bits per heavy atom. The third-order valence-corrected chi connectivity index (χ3v) is 5.56. The minimum atomic E-state index is -0.360. The van der Waals surface area contributed by atoms with Crippen LogP contribution in [-0.4, -0.2) is 23.9 Å². The maximum Gasteiger partial charge on any atom is 0.337 e. The first-order chi connectivity index (χ1) is 11.4. The maximum atomic E-state index is 12.7. The fourth-order valence-corrected chi connectivity index (χ4v) is 3.57. The Hall–Kier alpha value is -2.14. The summed E-state index contributed by atoms with van der Waals surface area (Å²) in [6.45, 7) is 5.17. The third kappa shape index (κ3) is 2.84. The Balaban J connectivity index is 1.82. The van der Waals surface area contributed by atoms with Crippen LogP contribution in [-0.2, 0) is 17.8 Å². The highest BCUT2D eigenvalue weighted by molar-refractivity contribution is 9.10. The largest absolute Gasteiger partial charge is 0.465 e. The Labute approximate surface area is 149 Å². The molecule has 4 nitrogen and oxygen atoms in total. The Kier molecular flexibility index (Phi) is 4.45. The van der Waals surface area contributed by atoms with Gasteiger partial charge in [0.25, 0.3) is 5.91 Å². The van der Waals surface area contributed by atoms with Gasteiger partial charge in [0.15, 0.2) is 0 Å². The minimum absolute atomic E-state index is 0.0471. The molecular formula is C19H18BrNO3. The van der Waals surface area contributed by atoms with Crippen molar-refractivity contribution in [3.63, 3.8) is 0 Å². The third-order valence-electron chi connectivity index (χ3n) is 4.49. The van der Waals surface area contributed by atoms with Crippen molar-refractivity contribution in [3.05, 3.63) is 68.2 Å². The number of esters is 1. The maximum absolute atomic E-state index is 12.7. The van der Waals surface area contributed by atoms with Gasteiger partial charge in [0.2, 0.25) is 0 Å². The van der Waals surface area contributed by atoms with E-state index in [9.17, 15) is 9.59 Å². The summed E-state index contributed by atoms with van der Waals surface area (Å²) in [5.41, 5.74) is 5.59. The molecule has 0 radical (unpaired) electrons. The molecule has 1 aliphatic heterocycles. The van der Waals surface area contributed by atoms with Gasteiger partial charge in [-0.1, -0.05) is 28.1 Å². The number of methoxy groups -OCH3 is 1. The summed E-state index contributed by atoms with van der Waals surface area (Å²) in [5.74, 6) is -0.313. The number of carbonyl (C=O) groups excluding carboxylic acids is 2. The van der Waals surface area contributed by atoms with E-state index in [1.807, 2.05) is 30.0 Å². The van der Waals surface area contributed by atoms with E-state index in [1.54, 1.807) is 12.1 Å². The second-order valence-corrected chi connectivity index (χ2v) is 6.80. The van der Waals surface area contributed by atoms with Crippen LogP contribution in [0.5, 0.6) is 0 Å². The van der Waals surface area contributed by atoms with Crippen molar-refractivity contribution in [2.45, 2.75) is 26.9 Å². The number of nitrogens with zero attached hydrogens (tertiary/aromatic N) is 1. The fraction of sp³-hybridized carbons (Fsp3) is 0.263. The van der Waals surface area contributed by atoms with Gasteiger partial charge in [0.05, 0.1) is 12.7 Å². The minimum Gasteiger partial charge on any atom is -0.465 e. The van der Waals surface area contributed by atoms with Gasteiger partial charge < -0.3 is 9.64 Å². The van der Waals surface area contributed by atoms with Gasteiger partial charge >= 0.3 is 5.97 Å². The number of fused-ring (bicyclic) bond motifs is 1. The summed E-state index contributed by atoms with van der Waals surface area (Å²) < 4.78 is 5.72. The highest BCUT2D eigenvalue weighted by atomic mass is 79.9. The first kappa shape index (κ1) is 16.7. The monoisotopic (exact) mass is 387 g/mol. The van der Waals surface area contributed by atoms with Crippen molar-refractivity contribution in [3.8, 4) is 0 Å². The molecule has 1 heterocycles. The molecule has 3 rings (SSSR count). The zero-order chi connectivity index (χ0) is 17.4. The first-order valence-corrected chi connectivity index (χ1v) is 8.46. The van der Waals surface area contributed by atoms with Crippen LogP contribution in [0.4, 0.5) is 0 Å². The summed E-state index contributed by atoms with van der Waals surface area (Å²) >= 11 is 3.63. The van der Waals surface area contributed by atoms with E-state index in [2.05, 4.69) is 22.9 Å². The molecule has 0 saturated carbocycles. The lowest BCUT2D eigenvalue weighted by molar-refractivity contribution is 0.0600. The van der Waals surface area contributed by atoms with Gasteiger partial charge in [0.1, 0.15) is 0 Å². The summed E-state index contributed by atoms with van der Waals surface area (Å²) in [6.07, 6.45) is 0. The average molecular weight is 388 g/mol. The van der Waals surface area contributed by atoms with Crippen LogP contribution in [0.15, 0.2) is 34.8 Å². The number of aryl methyl sites for hydroxylation is 1. The Morgan fingerprint density at radius 1 is 1.25 bits per heavy atom. The molecule has 1 amide bonds. The van der Waals surface area contributed by atoms with E-state index in [0.717, 1.165) is 26.7 Å². The molecule has 0 aromatic heterocycles. The smallest absolute Gasteiger partial charge is 0.337 e. The molecule has 0 aliphatic carbocycles. The van der Waals surface area contributed by atoms with E-state index in [1.165, 1.54) is 12.7 Å². The SMILES string of the molecule is COC(=O)c1ccc(CN2Cc3c(cc(C)c(C)c3Br)C2=O)cc1. The van der Waals surface area contributed by atoms with Crippen LogP contribution in [0.1, 0.15) is 43.0 Å². The van der Waals surface area contributed by atoms with Crippen LogP contribution in [0.3, 0.4) is 0 Å². The number of hydrogen-bond acceptors (Lipinski definition) is 3. The standard InChI is InChI=1S/C19H18BrNO3/c1-11-8-15-16(17(20)12(11)2)10-21(18(15)22)9-13-4-6-14(7-5-13)19(23)24-3/h4-8H,9-10H2,1-3H3. The van der Waals surface area contributed by atoms with E-state index < -0.39 is 0 Å². The number of carbonyl (C=O) groups is 2. The lowest BCUT2D eigenvalue weighted by Gasteiger charge is -2.16. The summed E-state index contributed by atoms with van der Waals surface area (Å²) in [4.78, 5) is 26.0. The molecule has 0 N–H and O–H groups in total. The molecule has 0 unspecified atom stereocenters. The molecule has 0 bridgehead atoms. The zero-order valence-corrected chi connectivity index (χ0v) is 15.4. The highest BCUT2D eigenvalue weighted by Crippen LogP contribution is 2.34. The molecule has 0 fully saturated rings. The van der Waals surface area contributed by atoms with Gasteiger partial charge in [-0.3, -0.25) is 4.79 Å². The number of benzene rings is 2. The van der Waals surface area contributed by atoms with Gasteiger partial charge in [-0.2, -0.15) is 0 Å². The van der Waals surface area contributed by atoms with Crippen molar-refractivity contribution in [1.82, 2.24) is 4.90 Å². The summed E-state index contributed by atoms with van der Waals surface area (Å²) in [6, 6.07) is 9.12. The van der Waals surface area contributed by atoms with Crippen LogP contribution in [0.2, 0.25) is 0 Å². The Bertz CT molecular complexity index is 827. The molecule has 5 heteroatoms. The quantitative estimate of drug-likeness (QED) is 0.747. The van der Waals surface area contributed by atoms with Crippen molar-refractivity contribution in [1.29, 1.82) is 0 Å². The van der Waals surface area contributed by atoms with Gasteiger partial charge in [-0.25, -0.2) is 4.79 Å². The van der Waals surface area contributed by atoms with Gasteiger partial charge in [-0.05, 0) is 54.3 Å². The van der Waals surface area contributed by atoms with Crippen LogP contribution >= 0.6 is 15.9 Å². The molecule has 2 aromatic carbocycles. The Morgan fingerprint density at radius 3 is 2.54 bits per heavy atom. The lowest BCUT2D eigenvalue weighted by atomic mass is 10.0. The summed E-state index contributed by atoms with van der Waals surface area (Å²) in [5, 5.41) is 0. The predicted octanol–water partition coefficient (Wildman–Crippen LogP) is 4.01. The topological polar surface area (TPSA) is 46.6 Å². The average Bonchev–Trinajstić information content (AvgIpc) is 2.89. The fourth-order valence-electron chi connectivity index (χ4n) is 2.92. The van der Waals surface area contributed by atoms with Crippen molar-refractivity contribution in [2.24, 2.45) is 0 Å². The number of hydrogen-bond donors (Lipinski definition) is 0. The number of rotatable bonds is 3. The van der Waals surface area contributed by atoms with E-state index in [0.29, 0.717) is 18.7 Å². The van der Waals surface area contributed by atoms with E-state index in [-0.39, 0.29) is 11.9 Å². The normalized spacial score (nSPS) is 13.2. The molecule has 0 saturated heterocycles. The van der Waals surface area contributed by atoms with Crippen molar-refractivity contribution < 1.29 is 14.3 Å². The molecular weight excluding hydrogens is 370 g/mol. The van der Waals surface area contributed by atoms with Crippen LogP contribution in [0.25, 0.3) is 0 Å². The van der Waals surface area contributed by atoms with Crippen molar-refractivity contribution in [2.75, 3.05) is 7.11 Å². The van der Waals surface area contributed by atoms with Gasteiger partial charge in [0, 0.05) is 23.1 Å². The number of ether oxygens (including phenoxy) is 1. The number of halogens is 1. The molecule has 2 aromatic rings. The van der Waals surface area contributed by atoms with Crippen LogP contribution < -0.4 is 0 Å². The lowest BCUT2D eigenvalue weighted by Crippen LogP contribution is -2.23. The molecule has 1 aliphatic rings. The molecule has 0 atom stereocenters. The second-order valence-electron chi connectivity index (χ2n) is 6.01. The zero-order valence-electron chi connectivity index (χ0n) is 13.9. The van der Waals surface area contributed by atoms with Crippen LogP contribution in [0, 0.1) is 13.8 Å². The molecule has 124 valence electrons. The van der Waals surface area contributed by atoms with Gasteiger partial charge in [-0.15, -0.1) is 0 Å². The second kappa shape index (κ2) is 6.40. The predicted molar refractivity (Wildman–Crippen MR) is 95.0 cm³/mol. The van der Waals surface area contributed by atoms with E-state index >= 15 is 0 Å². The number of amides is 1. The van der Waals surface area contributed by atoms with Crippen molar-refractivity contribution >= 4 is 27.8 Å². The molecule has 24 heavy (non-hydrogen) atoms. The van der Waals surface area contributed by atoms with E-state index in [4.69, 9.17) is 4.74 Å².